The monoisotopic (exact) mass is 198 g/mol. The summed E-state index contributed by atoms with van der Waals surface area (Å²) in [5.74, 6) is -1.81. The van der Waals surface area contributed by atoms with Gasteiger partial charge in [0.15, 0.2) is 4.88 Å². The molecule has 70 valence electrons. The van der Waals surface area contributed by atoms with E-state index in [1.165, 1.54) is 13.8 Å². The van der Waals surface area contributed by atoms with Crippen LogP contribution in [0.5, 0.6) is 0 Å². The molecule has 0 saturated heterocycles. The van der Waals surface area contributed by atoms with Crippen molar-refractivity contribution in [3.8, 4) is 0 Å². The molecule has 0 radical (unpaired) electrons. The van der Waals surface area contributed by atoms with E-state index in [0.29, 0.717) is 4.88 Å². The van der Waals surface area contributed by atoms with Crippen LogP contribution in [-0.4, -0.2) is 11.1 Å². The predicted molar refractivity (Wildman–Crippen MR) is 48.6 cm³/mol. The Morgan fingerprint density at radius 2 is 2.15 bits per heavy atom. The van der Waals surface area contributed by atoms with Crippen LogP contribution >= 0.6 is 10.5 Å². The molecule has 1 heterocycles. The van der Waals surface area contributed by atoms with Crippen LogP contribution in [0.4, 0.5) is 0 Å². The van der Waals surface area contributed by atoms with E-state index in [9.17, 15) is 14.7 Å². The molecule has 4 heteroatoms. The molecule has 0 aromatic carbocycles. The SMILES string of the molecule is CC(=O)[s+]1cccc1C(C)C(=O)[O-]. The Hall–Kier alpha value is -1.16. The Morgan fingerprint density at radius 3 is 2.62 bits per heavy atom. The number of hydrogen-bond donors (Lipinski definition) is 0. The Balaban J connectivity index is 3.07. The average Bonchev–Trinajstić information content (AvgIpc) is 2.50. The van der Waals surface area contributed by atoms with E-state index in [1.807, 2.05) is 0 Å². The summed E-state index contributed by atoms with van der Waals surface area (Å²) in [6.07, 6.45) is 0. The number of carboxylic acids is 1. The van der Waals surface area contributed by atoms with E-state index < -0.39 is 22.4 Å². The van der Waals surface area contributed by atoms with Crippen molar-refractivity contribution in [1.82, 2.24) is 0 Å². The summed E-state index contributed by atoms with van der Waals surface area (Å²) in [7, 11) is -0.647. The molecule has 0 saturated carbocycles. The van der Waals surface area contributed by atoms with Crippen LogP contribution in [0.3, 0.4) is 0 Å². The Labute approximate surface area is 79.0 Å². The zero-order chi connectivity index (χ0) is 10.0. The third-order valence-electron chi connectivity index (χ3n) is 1.82. The quantitative estimate of drug-likeness (QED) is 0.679. The first kappa shape index (κ1) is 9.92. The molecular formula is C9H10O3S. The molecule has 0 spiro atoms. The molecule has 0 aliphatic rings. The Bertz CT molecular complexity index is 340. The van der Waals surface area contributed by atoms with Crippen LogP contribution in [0.25, 0.3) is 0 Å². The average molecular weight is 198 g/mol. The van der Waals surface area contributed by atoms with E-state index in [1.54, 1.807) is 17.5 Å². The van der Waals surface area contributed by atoms with Crippen molar-refractivity contribution in [2.75, 3.05) is 0 Å². The van der Waals surface area contributed by atoms with Crippen molar-refractivity contribution >= 4 is 21.6 Å². The second-order valence-corrected chi connectivity index (χ2v) is 4.76. The lowest BCUT2D eigenvalue weighted by atomic mass is 10.1. The molecule has 2 unspecified atom stereocenters. The molecule has 1 aromatic rings. The van der Waals surface area contributed by atoms with Gasteiger partial charge in [-0.15, -0.1) is 0 Å². The highest BCUT2D eigenvalue weighted by Gasteiger charge is 2.23. The van der Waals surface area contributed by atoms with E-state index in [-0.39, 0.29) is 5.12 Å². The van der Waals surface area contributed by atoms with Crippen LogP contribution in [0.1, 0.15) is 29.4 Å². The molecule has 0 amide bonds. The molecule has 13 heavy (non-hydrogen) atoms. The van der Waals surface area contributed by atoms with Crippen LogP contribution in [-0.2, 0) is 4.79 Å². The van der Waals surface area contributed by atoms with Crippen LogP contribution in [0.15, 0.2) is 17.5 Å². The fourth-order valence-corrected chi connectivity index (χ4v) is 2.70. The van der Waals surface area contributed by atoms with Gasteiger partial charge in [0.1, 0.15) is 5.38 Å². The first-order chi connectivity index (χ1) is 6.04. The van der Waals surface area contributed by atoms with Gasteiger partial charge in [0, 0.05) is 0 Å². The number of carbonyl (C=O) groups is 2. The lowest BCUT2D eigenvalue weighted by Gasteiger charge is -2.06. The van der Waals surface area contributed by atoms with Crippen molar-refractivity contribution in [2.45, 2.75) is 19.8 Å². The molecule has 2 atom stereocenters. The molecular weight excluding hydrogens is 188 g/mol. The molecule has 0 fully saturated rings. The topological polar surface area (TPSA) is 57.2 Å². The molecule has 3 nitrogen and oxygen atoms in total. The smallest absolute Gasteiger partial charge is 0.352 e. The van der Waals surface area contributed by atoms with E-state index >= 15 is 0 Å². The fraction of sp³-hybridized carbons (Fsp3) is 0.333. The van der Waals surface area contributed by atoms with Crippen LogP contribution in [0.2, 0.25) is 0 Å². The highest BCUT2D eigenvalue weighted by atomic mass is 32.2. The van der Waals surface area contributed by atoms with Gasteiger partial charge in [-0.1, -0.05) is 0 Å². The lowest BCUT2D eigenvalue weighted by Crippen LogP contribution is -2.27. The largest absolute Gasteiger partial charge is 0.549 e. The minimum Gasteiger partial charge on any atom is -0.549 e. The molecule has 0 bridgehead atoms. The zero-order valence-corrected chi connectivity index (χ0v) is 8.26. The zero-order valence-electron chi connectivity index (χ0n) is 7.44. The molecule has 1 aromatic heterocycles. The maximum absolute atomic E-state index is 11.1. The van der Waals surface area contributed by atoms with Crippen molar-refractivity contribution in [3.05, 3.63) is 22.4 Å². The third kappa shape index (κ3) is 1.95. The summed E-state index contributed by atoms with van der Waals surface area (Å²) in [6, 6.07) is 3.41. The highest BCUT2D eigenvalue weighted by molar-refractivity contribution is 7.50. The molecule has 1 rings (SSSR count). The Morgan fingerprint density at radius 1 is 1.54 bits per heavy atom. The number of carboxylic acid groups (broad SMARTS) is 1. The lowest BCUT2D eigenvalue weighted by molar-refractivity contribution is -0.307. The van der Waals surface area contributed by atoms with E-state index in [2.05, 4.69) is 0 Å². The maximum Gasteiger partial charge on any atom is 0.352 e. The standard InChI is InChI=1S/C9H10O3S/c1-6(9(11)12)8-4-3-5-13(8)7(2)10/h3-6H,1-2H3. The fourth-order valence-electron chi connectivity index (χ4n) is 1.08. The summed E-state index contributed by atoms with van der Waals surface area (Å²) >= 11 is 0. The summed E-state index contributed by atoms with van der Waals surface area (Å²) in [5.41, 5.74) is 0. The summed E-state index contributed by atoms with van der Waals surface area (Å²) < 4.78 is 0. The minimum absolute atomic E-state index is 0.00639. The van der Waals surface area contributed by atoms with Gasteiger partial charge in [-0.2, -0.15) is 0 Å². The first-order valence-corrected chi connectivity index (χ1v) is 5.15. The highest BCUT2D eigenvalue weighted by Crippen LogP contribution is 2.31. The molecule has 0 N–H and O–H groups in total. The second-order valence-electron chi connectivity index (χ2n) is 2.77. The third-order valence-corrected chi connectivity index (χ3v) is 3.87. The van der Waals surface area contributed by atoms with Gasteiger partial charge >= 0.3 is 5.12 Å². The normalized spacial score (nSPS) is 13.8. The summed E-state index contributed by atoms with van der Waals surface area (Å²) in [6.45, 7) is 3.01. The van der Waals surface area contributed by atoms with Crippen LogP contribution in [0, 0.1) is 0 Å². The number of thiophene rings is 1. The summed E-state index contributed by atoms with van der Waals surface area (Å²) in [4.78, 5) is 22.3. The van der Waals surface area contributed by atoms with Gasteiger partial charge in [0.05, 0.1) is 29.3 Å². The van der Waals surface area contributed by atoms with Crippen molar-refractivity contribution in [3.63, 3.8) is 0 Å². The van der Waals surface area contributed by atoms with Gasteiger partial charge in [-0.25, -0.2) is 4.79 Å². The van der Waals surface area contributed by atoms with Gasteiger partial charge in [-0.05, 0) is 19.1 Å². The van der Waals surface area contributed by atoms with Crippen molar-refractivity contribution < 1.29 is 14.7 Å². The number of carbonyl (C=O) groups excluding carboxylic acids is 2. The van der Waals surface area contributed by atoms with E-state index in [0.717, 1.165) is 0 Å². The van der Waals surface area contributed by atoms with Gasteiger partial charge < -0.3 is 9.90 Å². The number of aliphatic carboxylic acids is 1. The first-order valence-electron chi connectivity index (χ1n) is 3.87. The molecule has 0 aliphatic heterocycles. The molecule has 0 aliphatic carbocycles. The number of rotatable bonds is 3. The maximum atomic E-state index is 11.1. The number of hydrogen-bond acceptors (Lipinski definition) is 3. The van der Waals surface area contributed by atoms with Gasteiger partial charge in [-0.3, -0.25) is 0 Å². The van der Waals surface area contributed by atoms with Crippen molar-refractivity contribution in [2.24, 2.45) is 0 Å². The van der Waals surface area contributed by atoms with Gasteiger partial charge in [0.25, 0.3) is 0 Å². The second kappa shape index (κ2) is 3.70. The Kier molecular flexibility index (Phi) is 2.83. The van der Waals surface area contributed by atoms with Gasteiger partial charge in [0.2, 0.25) is 0 Å². The van der Waals surface area contributed by atoms with Crippen LogP contribution < -0.4 is 5.11 Å². The van der Waals surface area contributed by atoms with E-state index in [4.69, 9.17) is 0 Å². The summed E-state index contributed by atoms with van der Waals surface area (Å²) in [5, 5.41) is 12.3. The minimum atomic E-state index is -1.13. The predicted octanol–water partition coefficient (Wildman–Crippen LogP) is 0.949. The van der Waals surface area contributed by atoms with Crippen molar-refractivity contribution in [1.29, 1.82) is 0 Å².